The number of nitrogens with zero attached hydrogens (tertiary/aromatic N) is 1. The predicted octanol–water partition coefficient (Wildman–Crippen LogP) is 3.55. The number of hydrogen-bond donors (Lipinski definition) is 1. The van der Waals surface area contributed by atoms with Crippen molar-refractivity contribution in [1.29, 1.82) is 0 Å². The summed E-state index contributed by atoms with van der Waals surface area (Å²) < 4.78 is 31.0. The van der Waals surface area contributed by atoms with Crippen molar-refractivity contribution >= 4 is 5.91 Å². The van der Waals surface area contributed by atoms with Crippen molar-refractivity contribution in [2.75, 3.05) is 0 Å². The van der Waals surface area contributed by atoms with Crippen molar-refractivity contribution in [3.63, 3.8) is 0 Å². The standard InChI is InChI=1S/C17H12F2N2O2/c18-13-6-4-11(5-7-13)10-20-17(22)16-9-15(21-23-16)12-2-1-3-14(19)8-12/h1-9H,10H2,(H,20,22). The summed E-state index contributed by atoms with van der Waals surface area (Å²) in [7, 11) is 0. The van der Waals surface area contributed by atoms with E-state index in [0.29, 0.717) is 11.3 Å². The molecule has 1 N–H and O–H groups in total. The zero-order valence-corrected chi connectivity index (χ0v) is 11.9. The topological polar surface area (TPSA) is 55.1 Å². The number of rotatable bonds is 4. The number of halogens is 2. The number of carbonyl (C=O) groups is 1. The maximum atomic E-state index is 13.2. The lowest BCUT2D eigenvalue weighted by atomic mass is 10.1. The molecular weight excluding hydrogens is 302 g/mol. The summed E-state index contributed by atoms with van der Waals surface area (Å²) in [6.07, 6.45) is 0. The number of nitrogens with one attached hydrogen (secondary N) is 1. The maximum Gasteiger partial charge on any atom is 0.290 e. The zero-order valence-electron chi connectivity index (χ0n) is 11.9. The summed E-state index contributed by atoms with van der Waals surface area (Å²) in [6, 6.07) is 13.1. The molecule has 23 heavy (non-hydrogen) atoms. The molecular formula is C17H12F2N2O2. The van der Waals surface area contributed by atoms with E-state index in [-0.39, 0.29) is 18.1 Å². The third-order valence-electron chi connectivity index (χ3n) is 3.22. The van der Waals surface area contributed by atoms with Crippen molar-refractivity contribution in [2.24, 2.45) is 0 Å². The normalized spacial score (nSPS) is 10.5. The molecule has 4 nitrogen and oxygen atoms in total. The second-order valence-corrected chi connectivity index (χ2v) is 4.90. The van der Waals surface area contributed by atoms with Gasteiger partial charge in [0.05, 0.1) is 0 Å². The van der Waals surface area contributed by atoms with Crippen LogP contribution >= 0.6 is 0 Å². The van der Waals surface area contributed by atoms with Crippen molar-refractivity contribution in [2.45, 2.75) is 6.54 Å². The van der Waals surface area contributed by atoms with Crippen molar-refractivity contribution in [1.82, 2.24) is 10.5 Å². The number of hydrogen-bond acceptors (Lipinski definition) is 3. The molecule has 0 unspecified atom stereocenters. The second-order valence-electron chi connectivity index (χ2n) is 4.90. The van der Waals surface area contributed by atoms with Gasteiger partial charge in [0.15, 0.2) is 0 Å². The number of benzene rings is 2. The third kappa shape index (κ3) is 3.60. The fourth-order valence-electron chi connectivity index (χ4n) is 2.04. The molecule has 0 spiro atoms. The second kappa shape index (κ2) is 6.39. The molecule has 116 valence electrons. The molecule has 0 fully saturated rings. The molecule has 0 aliphatic carbocycles. The first-order chi connectivity index (χ1) is 11.1. The molecule has 0 radical (unpaired) electrons. The Labute approximate surface area is 130 Å². The first-order valence-corrected chi connectivity index (χ1v) is 6.87. The molecule has 1 amide bonds. The Bertz CT molecular complexity index is 829. The molecule has 0 atom stereocenters. The van der Waals surface area contributed by atoms with Gasteiger partial charge >= 0.3 is 0 Å². The maximum absolute atomic E-state index is 13.2. The van der Waals surface area contributed by atoms with Crippen LogP contribution in [0.1, 0.15) is 16.1 Å². The molecule has 2 aromatic carbocycles. The van der Waals surface area contributed by atoms with Crippen LogP contribution < -0.4 is 5.32 Å². The minimum atomic E-state index is -0.454. The Morgan fingerprint density at radius 3 is 2.57 bits per heavy atom. The van der Waals surface area contributed by atoms with E-state index in [4.69, 9.17) is 4.52 Å². The minimum Gasteiger partial charge on any atom is -0.350 e. The van der Waals surface area contributed by atoms with Gasteiger partial charge in [0.1, 0.15) is 17.3 Å². The van der Waals surface area contributed by atoms with E-state index in [2.05, 4.69) is 10.5 Å². The number of aromatic nitrogens is 1. The van der Waals surface area contributed by atoms with E-state index in [1.165, 1.54) is 30.3 Å². The Morgan fingerprint density at radius 2 is 1.83 bits per heavy atom. The Morgan fingerprint density at radius 1 is 1.04 bits per heavy atom. The monoisotopic (exact) mass is 314 g/mol. The first-order valence-electron chi connectivity index (χ1n) is 6.87. The molecule has 1 heterocycles. The van der Waals surface area contributed by atoms with Crippen LogP contribution in [0.25, 0.3) is 11.3 Å². The van der Waals surface area contributed by atoms with Crippen molar-refractivity contribution in [3.05, 3.63) is 77.6 Å². The highest BCUT2D eigenvalue weighted by Gasteiger charge is 2.14. The molecule has 1 aromatic heterocycles. The quantitative estimate of drug-likeness (QED) is 0.801. The van der Waals surface area contributed by atoms with E-state index in [9.17, 15) is 13.6 Å². The van der Waals surface area contributed by atoms with E-state index in [1.54, 1.807) is 24.3 Å². The highest BCUT2D eigenvalue weighted by atomic mass is 19.1. The van der Waals surface area contributed by atoms with Crippen LogP contribution in [0.15, 0.2) is 59.1 Å². The van der Waals surface area contributed by atoms with Gasteiger partial charge in [-0.1, -0.05) is 29.4 Å². The zero-order chi connectivity index (χ0) is 16.2. The smallest absolute Gasteiger partial charge is 0.290 e. The van der Waals surface area contributed by atoms with Crippen LogP contribution in [0.5, 0.6) is 0 Å². The highest BCUT2D eigenvalue weighted by molar-refractivity contribution is 5.92. The Hall–Kier alpha value is -3.02. The largest absolute Gasteiger partial charge is 0.350 e. The molecule has 3 aromatic rings. The molecule has 6 heteroatoms. The van der Waals surface area contributed by atoms with Gasteiger partial charge in [-0.25, -0.2) is 8.78 Å². The van der Waals surface area contributed by atoms with Gasteiger partial charge < -0.3 is 9.84 Å². The SMILES string of the molecule is O=C(NCc1ccc(F)cc1)c1cc(-c2cccc(F)c2)no1. The Kier molecular flexibility index (Phi) is 4.14. The van der Waals surface area contributed by atoms with Crippen LogP contribution in [0.4, 0.5) is 8.78 Å². The van der Waals surface area contributed by atoms with Crippen LogP contribution in [0, 0.1) is 11.6 Å². The van der Waals surface area contributed by atoms with E-state index in [1.807, 2.05) is 0 Å². The molecule has 0 aliphatic rings. The van der Waals surface area contributed by atoms with E-state index >= 15 is 0 Å². The molecule has 3 rings (SSSR count). The Balaban J connectivity index is 1.67. The van der Waals surface area contributed by atoms with Gasteiger partial charge in [-0.15, -0.1) is 0 Å². The lowest BCUT2D eigenvalue weighted by Crippen LogP contribution is -2.22. The highest BCUT2D eigenvalue weighted by Crippen LogP contribution is 2.19. The number of carbonyl (C=O) groups excluding carboxylic acids is 1. The van der Waals surface area contributed by atoms with Gasteiger partial charge in [0.2, 0.25) is 5.76 Å². The van der Waals surface area contributed by atoms with Gasteiger partial charge in [-0.2, -0.15) is 0 Å². The average Bonchev–Trinajstić information content (AvgIpc) is 3.04. The van der Waals surface area contributed by atoms with Crippen molar-refractivity contribution in [3.8, 4) is 11.3 Å². The minimum absolute atomic E-state index is 0.0198. The number of amides is 1. The predicted molar refractivity (Wildman–Crippen MR) is 79.5 cm³/mol. The van der Waals surface area contributed by atoms with E-state index in [0.717, 1.165) is 5.56 Å². The van der Waals surface area contributed by atoms with E-state index < -0.39 is 11.7 Å². The summed E-state index contributed by atoms with van der Waals surface area (Å²) in [6.45, 7) is 0.231. The average molecular weight is 314 g/mol. The summed E-state index contributed by atoms with van der Waals surface area (Å²) in [5.41, 5.74) is 1.65. The fraction of sp³-hybridized carbons (Fsp3) is 0.0588. The molecule has 0 saturated carbocycles. The summed E-state index contributed by atoms with van der Waals surface area (Å²) in [5, 5.41) is 6.40. The first kappa shape index (κ1) is 14.9. The van der Waals surface area contributed by atoms with Crippen LogP contribution in [0.2, 0.25) is 0 Å². The van der Waals surface area contributed by atoms with Crippen LogP contribution in [0.3, 0.4) is 0 Å². The third-order valence-corrected chi connectivity index (χ3v) is 3.22. The lowest BCUT2D eigenvalue weighted by Gasteiger charge is -2.02. The summed E-state index contributed by atoms with van der Waals surface area (Å²) in [5.74, 6) is -1.17. The van der Waals surface area contributed by atoms with Gasteiger partial charge in [0.25, 0.3) is 5.91 Å². The van der Waals surface area contributed by atoms with Gasteiger partial charge in [0, 0.05) is 18.2 Å². The molecule has 0 bridgehead atoms. The van der Waals surface area contributed by atoms with Crippen molar-refractivity contribution < 1.29 is 18.1 Å². The molecule has 0 saturated heterocycles. The fourth-order valence-corrected chi connectivity index (χ4v) is 2.04. The van der Waals surface area contributed by atoms with Crippen LogP contribution in [-0.2, 0) is 6.54 Å². The lowest BCUT2D eigenvalue weighted by molar-refractivity contribution is 0.0914. The molecule has 0 aliphatic heterocycles. The summed E-state index contributed by atoms with van der Waals surface area (Å²) >= 11 is 0. The van der Waals surface area contributed by atoms with Gasteiger partial charge in [-0.05, 0) is 29.8 Å². The summed E-state index contributed by atoms with van der Waals surface area (Å²) in [4.78, 5) is 12.0. The van der Waals surface area contributed by atoms with Crippen LogP contribution in [-0.4, -0.2) is 11.1 Å². The van der Waals surface area contributed by atoms with Gasteiger partial charge in [-0.3, -0.25) is 4.79 Å².